The van der Waals surface area contributed by atoms with E-state index in [-0.39, 0.29) is 0 Å². The Morgan fingerprint density at radius 2 is 0.448 bits per heavy atom. The molecule has 0 atom stereocenters. The van der Waals surface area contributed by atoms with Crippen molar-refractivity contribution in [2.24, 2.45) is 0 Å². The molecule has 0 bridgehead atoms. The van der Waals surface area contributed by atoms with Gasteiger partial charge in [-0.15, -0.1) is 0 Å². The summed E-state index contributed by atoms with van der Waals surface area (Å²) in [5.74, 6) is 0. The summed E-state index contributed by atoms with van der Waals surface area (Å²) >= 11 is 0. The first-order chi connectivity index (χ1) is 14.1. The minimum Gasteiger partial charge on any atom is -0.324 e. The lowest BCUT2D eigenvalue weighted by Crippen LogP contribution is -2.48. The molecule has 0 aromatic heterocycles. The summed E-state index contributed by atoms with van der Waals surface area (Å²) in [4.78, 5) is 0. The number of nitrogens with zero attached hydrogens (tertiary/aromatic N) is 2. The Balaban J connectivity index is 3.40. The zero-order valence-corrected chi connectivity index (χ0v) is 21.7. The quantitative estimate of drug-likeness (QED) is 0.126. The van der Waals surface area contributed by atoms with Crippen LogP contribution in [0.1, 0.15) is 125 Å². The number of unbranched alkanes of at least 4 members (excludes halogenated alkanes) is 12. The summed E-state index contributed by atoms with van der Waals surface area (Å²) in [6, 6.07) is 0. The highest BCUT2D eigenvalue weighted by molar-refractivity contribution is 4.50. The Morgan fingerprint density at radius 3 is 0.621 bits per heavy atom. The molecule has 0 saturated carbocycles. The van der Waals surface area contributed by atoms with Gasteiger partial charge in [0.05, 0.1) is 52.4 Å². The molecule has 0 amide bonds. The van der Waals surface area contributed by atoms with Gasteiger partial charge in [0, 0.05) is 0 Å². The Kier molecular flexibility index (Phi) is 18.6. The van der Waals surface area contributed by atoms with Gasteiger partial charge in [-0.2, -0.15) is 0 Å². The van der Waals surface area contributed by atoms with Crippen LogP contribution in [0.15, 0.2) is 0 Å². The maximum Gasteiger partial charge on any atom is 0.0786 e. The van der Waals surface area contributed by atoms with Gasteiger partial charge < -0.3 is 8.97 Å². The molecule has 0 aliphatic carbocycles. The van der Waals surface area contributed by atoms with Gasteiger partial charge in [0.25, 0.3) is 0 Å². The minimum absolute atomic E-state index is 1.31. The fraction of sp³-hybridized carbons (Fsp3) is 1.00. The van der Waals surface area contributed by atoms with Crippen LogP contribution in [0.2, 0.25) is 0 Å². The second kappa shape index (κ2) is 18.7. The molecule has 0 rings (SSSR count). The van der Waals surface area contributed by atoms with E-state index in [0.717, 1.165) is 0 Å². The van der Waals surface area contributed by atoms with E-state index in [2.05, 4.69) is 41.5 Å². The first-order valence-electron chi connectivity index (χ1n) is 13.8. The lowest BCUT2D eigenvalue weighted by Gasteiger charge is -2.35. The zero-order valence-electron chi connectivity index (χ0n) is 21.7. The Labute approximate surface area is 186 Å². The molecule has 0 unspecified atom stereocenters. The number of hydrogen-bond acceptors (Lipinski definition) is 0. The van der Waals surface area contributed by atoms with Crippen molar-refractivity contribution >= 4 is 0 Å². The van der Waals surface area contributed by atoms with Crippen LogP contribution in [0.25, 0.3) is 0 Å². The van der Waals surface area contributed by atoms with Gasteiger partial charge in [0.2, 0.25) is 0 Å². The molecule has 2 heteroatoms. The maximum absolute atomic E-state index is 2.36. The summed E-state index contributed by atoms with van der Waals surface area (Å²) < 4.78 is 2.66. The first kappa shape index (κ1) is 28.9. The Morgan fingerprint density at radius 1 is 0.276 bits per heavy atom. The van der Waals surface area contributed by atoms with Gasteiger partial charge in [-0.1, -0.05) is 57.8 Å². The van der Waals surface area contributed by atoms with Crippen LogP contribution in [0.5, 0.6) is 0 Å². The third kappa shape index (κ3) is 13.0. The van der Waals surface area contributed by atoms with Gasteiger partial charge in [-0.25, -0.2) is 0 Å². The molecule has 176 valence electrons. The fourth-order valence-electron chi connectivity index (χ4n) is 5.13. The van der Waals surface area contributed by atoms with E-state index in [4.69, 9.17) is 0 Å². The summed E-state index contributed by atoms with van der Waals surface area (Å²) in [6.07, 6.45) is 19.0. The SMILES string of the molecule is CC[N+](CC)(CC)CCCCCCCCCCCCCCC[N+](CC)(CC)CC. The largest absolute Gasteiger partial charge is 0.324 e. The number of quaternary nitrogens is 2. The zero-order chi connectivity index (χ0) is 21.8. The van der Waals surface area contributed by atoms with Crippen molar-refractivity contribution in [2.45, 2.75) is 125 Å². The van der Waals surface area contributed by atoms with Crippen LogP contribution in [-0.4, -0.2) is 61.3 Å². The monoisotopic (exact) mass is 412 g/mol. The number of rotatable bonds is 22. The molecule has 0 fully saturated rings. The van der Waals surface area contributed by atoms with Crippen LogP contribution in [0.4, 0.5) is 0 Å². The minimum atomic E-state index is 1.31. The van der Waals surface area contributed by atoms with Crippen LogP contribution in [0, 0.1) is 0 Å². The summed E-state index contributed by atoms with van der Waals surface area (Å²) in [5.41, 5.74) is 0. The second-order valence-electron chi connectivity index (χ2n) is 9.62. The molecule has 0 aromatic carbocycles. The normalized spacial score (nSPS) is 12.6. The molecule has 0 aliphatic rings. The van der Waals surface area contributed by atoms with E-state index < -0.39 is 0 Å². The van der Waals surface area contributed by atoms with Gasteiger partial charge in [0.1, 0.15) is 0 Å². The molecule has 29 heavy (non-hydrogen) atoms. The van der Waals surface area contributed by atoms with E-state index in [1.54, 1.807) is 0 Å². The third-order valence-corrected chi connectivity index (χ3v) is 8.29. The molecule has 0 radical (unpaired) electrons. The van der Waals surface area contributed by atoms with Gasteiger partial charge in [-0.3, -0.25) is 0 Å². The lowest BCUT2D eigenvalue weighted by atomic mass is 10.0. The molecule has 0 aromatic rings. The standard InChI is InChI=1S/C27H60N2/c1-7-28(8-2,9-3)26-24-22-20-18-16-14-13-15-17-19-21-23-25-27-29(10-4,11-5)12-6/h7-27H2,1-6H3/q+2. The predicted octanol–water partition coefficient (Wildman–Crippen LogP) is 7.81. The van der Waals surface area contributed by atoms with E-state index in [1.165, 1.54) is 145 Å². The molecule has 0 aliphatic heterocycles. The van der Waals surface area contributed by atoms with Gasteiger partial charge >= 0.3 is 0 Å². The molecular formula is C27H60N2+2. The van der Waals surface area contributed by atoms with Crippen LogP contribution < -0.4 is 0 Å². The maximum atomic E-state index is 2.36. The lowest BCUT2D eigenvalue weighted by molar-refractivity contribution is -0.923. The van der Waals surface area contributed by atoms with Gasteiger partial charge in [0.15, 0.2) is 0 Å². The van der Waals surface area contributed by atoms with Crippen LogP contribution in [-0.2, 0) is 0 Å². The van der Waals surface area contributed by atoms with Crippen molar-refractivity contribution in [2.75, 3.05) is 52.4 Å². The summed E-state index contributed by atoms with van der Waals surface area (Å²) in [7, 11) is 0. The average molecular weight is 413 g/mol. The van der Waals surface area contributed by atoms with Crippen LogP contribution in [0.3, 0.4) is 0 Å². The second-order valence-corrected chi connectivity index (χ2v) is 9.62. The number of hydrogen-bond donors (Lipinski definition) is 0. The molecule has 0 spiro atoms. The summed E-state index contributed by atoms with van der Waals surface area (Å²) in [6.45, 7) is 24.8. The highest BCUT2D eigenvalue weighted by Crippen LogP contribution is 2.15. The van der Waals surface area contributed by atoms with E-state index >= 15 is 0 Å². The third-order valence-electron chi connectivity index (χ3n) is 8.29. The topological polar surface area (TPSA) is 0 Å². The first-order valence-corrected chi connectivity index (χ1v) is 13.8. The van der Waals surface area contributed by atoms with Crippen molar-refractivity contribution in [3.8, 4) is 0 Å². The van der Waals surface area contributed by atoms with Crippen molar-refractivity contribution in [3.05, 3.63) is 0 Å². The van der Waals surface area contributed by atoms with Crippen molar-refractivity contribution < 1.29 is 8.97 Å². The van der Waals surface area contributed by atoms with Gasteiger partial charge in [-0.05, 0) is 67.2 Å². The molecule has 2 nitrogen and oxygen atoms in total. The highest BCUT2D eigenvalue weighted by Gasteiger charge is 2.20. The molecular weight excluding hydrogens is 352 g/mol. The average Bonchev–Trinajstić information content (AvgIpc) is 2.77. The van der Waals surface area contributed by atoms with E-state index in [0.29, 0.717) is 0 Å². The van der Waals surface area contributed by atoms with Crippen molar-refractivity contribution in [1.82, 2.24) is 0 Å². The van der Waals surface area contributed by atoms with E-state index in [1.807, 2.05) is 0 Å². The van der Waals surface area contributed by atoms with Crippen molar-refractivity contribution in [3.63, 3.8) is 0 Å². The fourth-order valence-corrected chi connectivity index (χ4v) is 5.13. The molecule has 0 N–H and O–H groups in total. The Bertz CT molecular complexity index is 283. The molecule has 0 saturated heterocycles. The van der Waals surface area contributed by atoms with Crippen LogP contribution >= 0.6 is 0 Å². The Hall–Kier alpha value is -0.0800. The predicted molar refractivity (Wildman–Crippen MR) is 134 cm³/mol. The van der Waals surface area contributed by atoms with E-state index in [9.17, 15) is 0 Å². The smallest absolute Gasteiger partial charge is 0.0786 e. The molecule has 0 heterocycles. The highest BCUT2D eigenvalue weighted by atomic mass is 15.3. The van der Waals surface area contributed by atoms with Crippen molar-refractivity contribution in [1.29, 1.82) is 0 Å². The summed E-state index contributed by atoms with van der Waals surface area (Å²) in [5, 5.41) is 0.